The van der Waals surface area contributed by atoms with Gasteiger partial charge in [0.2, 0.25) is 0 Å². The second-order valence-corrected chi connectivity index (χ2v) is 6.98. The highest BCUT2D eigenvalue weighted by Gasteiger charge is 2.19. The van der Waals surface area contributed by atoms with Crippen molar-refractivity contribution in [3.05, 3.63) is 66.4 Å². The van der Waals surface area contributed by atoms with Gasteiger partial charge in [-0.25, -0.2) is 18.6 Å². The molecule has 4 rings (SSSR count). The van der Waals surface area contributed by atoms with E-state index in [0.29, 0.717) is 23.4 Å². The van der Waals surface area contributed by atoms with Gasteiger partial charge in [0.05, 0.1) is 12.2 Å². The Kier molecular flexibility index (Phi) is 6.69. The number of nitrogens with two attached hydrogens (primary N) is 1. The van der Waals surface area contributed by atoms with Gasteiger partial charge in [0, 0.05) is 24.6 Å². The SMILES string of the molecule is COCCOC(=O)Nc1ccc(-c2cnc(N)c(-c3nnnn3-c3cccc(F)c3F)c2)cc1. The van der Waals surface area contributed by atoms with Crippen LogP contribution < -0.4 is 11.1 Å². The number of rotatable bonds is 7. The number of anilines is 2. The van der Waals surface area contributed by atoms with E-state index in [2.05, 4.69) is 25.8 Å². The third-order valence-corrected chi connectivity index (χ3v) is 4.77. The molecule has 0 bridgehead atoms. The van der Waals surface area contributed by atoms with E-state index in [1.54, 1.807) is 36.5 Å². The minimum atomic E-state index is -1.09. The van der Waals surface area contributed by atoms with Crippen molar-refractivity contribution in [1.29, 1.82) is 0 Å². The Morgan fingerprint density at radius 2 is 1.91 bits per heavy atom. The molecule has 2 heterocycles. The number of aromatic nitrogens is 5. The number of nitrogens with zero attached hydrogens (tertiary/aromatic N) is 5. The first-order valence-corrected chi connectivity index (χ1v) is 9.99. The lowest BCUT2D eigenvalue weighted by Crippen LogP contribution is -2.16. The predicted octanol–water partition coefficient (Wildman–Crippen LogP) is 3.45. The molecule has 0 saturated heterocycles. The molecule has 10 nitrogen and oxygen atoms in total. The van der Waals surface area contributed by atoms with Crippen LogP contribution in [0.5, 0.6) is 0 Å². The number of amides is 1. The third kappa shape index (κ3) is 4.81. The molecule has 34 heavy (non-hydrogen) atoms. The molecule has 2 aromatic carbocycles. The van der Waals surface area contributed by atoms with Gasteiger partial charge in [-0.2, -0.15) is 4.68 Å². The van der Waals surface area contributed by atoms with Crippen LogP contribution >= 0.6 is 0 Å². The number of tetrazole rings is 1. The van der Waals surface area contributed by atoms with E-state index in [-0.39, 0.29) is 23.9 Å². The second-order valence-electron chi connectivity index (χ2n) is 6.98. The van der Waals surface area contributed by atoms with Crippen LogP contribution in [0.2, 0.25) is 0 Å². The average Bonchev–Trinajstić information content (AvgIpc) is 3.31. The molecule has 0 aliphatic heterocycles. The number of carbonyl (C=O) groups is 1. The van der Waals surface area contributed by atoms with Gasteiger partial charge in [0.1, 0.15) is 18.1 Å². The lowest BCUT2D eigenvalue weighted by Gasteiger charge is -2.10. The monoisotopic (exact) mass is 467 g/mol. The lowest BCUT2D eigenvalue weighted by molar-refractivity contribution is 0.107. The largest absolute Gasteiger partial charge is 0.447 e. The molecule has 3 N–H and O–H groups in total. The first-order valence-electron chi connectivity index (χ1n) is 9.99. The molecule has 2 aromatic heterocycles. The summed E-state index contributed by atoms with van der Waals surface area (Å²) in [5.74, 6) is -1.93. The molecule has 0 atom stereocenters. The van der Waals surface area contributed by atoms with E-state index in [1.807, 2.05) is 0 Å². The summed E-state index contributed by atoms with van der Waals surface area (Å²) in [7, 11) is 1.51. The van der Waals surface area contributed by atoms with E-state index in [0.717, 1.165) is 16.3 Å². The highest BCUT2D eigenvalue weighted by atomic mass is 19.2. The molecule has 0 spiro atoms. The molecule has 0 saturated carbocycles. The normalized spacial score (nSPS) is 10.8. The summed E-state index contributed by atoms with van der Waals surface area (Å²) in [4.78, 5) is 16.0. The zero-order chi connectivity index (χ0) is 24.1. The Morgan fingerprint density at radius 1 is 1.12 bits per heavy atom. The first kappa shape index (κ1) is 22.7. The zero-order valence-corrected chi connectivity index (χ0v) is 17.9. The lowest BCUT2D eigenvalue weighted by atomic mass is 10.0. The number of methoxy groups -OCH3 is 1. The van der Waals surface area contributed by atoms with Gasteiger partial charge < -0.3 is 15.2 Å². The van der Waals surface area contributed by atoms with Crippen LogP contribution in [0.3, 0.4) is 0 Å². The van der Waals surface area contributed by atoms with E-state index < -0.39 is 17.7 Å². The van der Waals surface area contributed by atoms with Gasteiger partial charge in [-0.3, -0.25) is 5.32 Å². The molecule has 0 aliphatic carbocycles. The first-order chi connectivity index (χ1) is 16.5. The quantitative estimate of drug-likeness (QED) is 0.395. The summed E-state index contributed by atoms with van der Waals surface area (Å²) in [5, 5.41) is 13.9. The van der Waals surface area contributed by atoms with E-state index in [9.17, 15) is 13.6 Å². The van der Waals surface area contributed by atoms with Crippen molar-refractivity contribution < 1.29 is 23.0 Å². The molecule has 1 amide bonds. The minimum Gasteiger partial charge on any atom is -0.447 e. The van der Waals surface area contributed by atoms with Gasteiger partial charge in [-0.15, -0.1) is 5.10 Å². The molecular weight excluding hydrogens is 448 g/mol. The standard InChI is InChI=1S/C22H19F2N7O3/c1-33-9-10-34-22(32)27-15-7-5-13(6-8-15)14-11-16(20(25)26-12-14)21-28-29-30-31(21)18-4-2-3-17(23)19(18)24/h2-8,11-12H,9-10H2,1H3,(H2,25,26)(H,27,32). The predicted molar refractivity (Wildman–Crippen MR) is 119 cm³/mol. The van der Waals surface area contributed by atoms with Crippen molar-refractivity contribution >= 4 is 17.6 Å². The van der Waals surface area contributed by atoms with Crippen LogP contribution in [0.25, 0.3) is 28.2 Å². The van der Waals surface area contributed by atoms with Crippen LogP contribution in [-0.4, -0.2) is 51.6 Å². The number of nitrogen functional groups attached to an aromatic ring is 1. The summed E-state index contributed by atoms with van der Waals surface area (Å²) in [6, 6.07) is 12.3. The average molecular weight is 467 g/mol. The highest BCUT2D eigenvalue weighted by molar-refractivity contribution is 5.85. The number of hydrogen-bond donors (Lipinski definition) is 2. The molecule has 12 heteroatoms. The Morgan fingerprint density at radius 3 is 2.68 bits per heavy atom. The molecule has 0 radical (unpaired) electrons. The topological polar surface area (TPSA) is 130 Å². The maximum Gasteiger partial charge on any atom is 0.411 e. The second kappa shape index (κ2) is 10.0. The maximum atomic E-state index is 14.3. The Balaban J connectivity index is 1.60. The van der Waals surface area contributed by atoms with Crippen molar-refractivity contribution in [1.82, 2.24) is 25.2 Å². The summed E-state index contributed by atoms with van der Waals surface area (Å²) >= 11 is 0. The van der Waals surface area contributed by atoms with Crippen molar-refractivity contribution in [2.75, 3.05) is 31.4 Å². The Hall–Kier alpha value is -4.45. The van der Waals surface area contributed by atoms with Crippen molar-refractivity contribution in [3.8, 4) is 28.2 Å². The van der Waals surface area contributed by atoms with E-state index in [4.69, 9.17) is 15.2 Å². The minimum absolute atomic E-state index is 0.0911. The fourth-order valence-electron chi connectivity index (χ4n) is 3.10. The van der Waals surface area contributed by atoms with Crippen LogP contribution in [0.1, 0.15) is 0 Å². The molecule has 174 valence electrons. The fraction of sp³-hybridized carbons (Fsp3) is 0.136. The number of halogens is 2. The van der Waals surface area contributed by atoms with Crippen molar-refractivity contribution in [2.45, 2.75) is 0 Å². The molecular formula is C22H19F2N7O3. The Labute approximate surface area is 192 Å². The van der Waals surface area contributed by atoms with Crippen LogP contribution in [0, 0.1) is 11.6 Å². The fourth-order valence-corrected chi connectivity index (χ4v) is 3.10. The Bertz CT molecular complexity index is 1310. The summed E-state index contributed by atoms with van der Waals surface area (Å²) in [6.07, 6.45) is 0.953. The van der Waals surface area contributed by atoms with Crippen LogP contribution in [0.15, 0.2) is 54.7 Å². The zero-order valence-electron chi connectivity index (χ0n) is 17.9. The summed E-state index contributed by atoms with van der Waals surface area (Å²) < 4.78 is 38.9. The number of ether oxygens (including phenoxy) is 2. The summed E-state index contributed by atoms with van der Waals surface area (Å²) in [6.45, 7) is 0.438. The highest BCUT2D eigenvalue weighted by Crippen LogP contribution is 2.30. The summed E-state index contributed by atoms with van der Waals surface area (Å²) in [5.41, 5.74) is 8.15. The van der Waals surface area contributed by atoms with E-state index in [1.165, 1.54) is 19.2 Å². The number of hydrogen-bond acceptors (Lipinski definition) is 8. The molecule has 0 unspecified atom stereocenters. The number of nitrogens with one attached hydrogen (secondary N) is 1. The molecule has 4 aromatic rings. The third-order valence-electron chi connectivity index (χ3n) is 4.77. The number of pyridine rings is 1. The van der Waals surface area contributed by atoms with Crippen LogP contribution in [0.4, 0.5) is 25.1 Å². The van der Waals surface area contributed by atoms with Crippen molar-refractivity contribution in [3.63, 3.8) is 0 Å². The van der Waals surface area contributed by atoms with Gasteiger partial charge in [-0.05, 0) is 46.3 Å². The van der Waals surface area contributed by atoms with Crippen LogP contribution in [-0.2, 0) is 9.47 Å². The van der Waals surface area contributed by atoms with Gasteiger partial charge in [-0.1, -0.05) is 18.2 Å². The number of benzene rings is 2. The molecule has 0 aliphatic rings. The van der Waals surface area contributed by atoms with Gasteiger partial charge in [0.25, 0.3) is 0 Å². The molecule has 0 fully saturated rings. The maximum absolute atomic E-state index is 14.3. The number of carbonyl (C=O) groups excluding carboxylic acids is 1. The van der Waals surface area contributed by atoms with Gasteiger partial charge >= 0.3 is 6.09 Å². The smallest absolute Gasteiger partial charge is 0.411 e. The van der Waals surface area contributed by atoms with Gasteiger partial charge in [0.15, 0.2) is 17.5 Å². The van der Waals surface area contributed by atoms with Crippen molar-refractivity contribution in [2.24, 2.45) is 0 Å². The van der Waals surface area contributed by atoms with E-state index >= 15 is 0 Å².